The highest BCUT2D eigenvalue weighted by Crippen LogP contribution is 2.28. The molecule has 114 valence electrons. The Morgan fingerprint density at radius 1 is 1.52 bits per heavy atom. The summed E-state index contributed by atoms with van der Waals surface area (Å²) in [6.07, 6.45) is -0.260. The van der Waals surface area contributed by atoms with Gasteiger partial charge in [0.2, 0.25) is 11.8 Å². The molecule has 1 aromatic carbocycles. The van der Waals surface area contributed by atoms with Crippen LogP contribution in [0.4, 0.5) is 14.5 Å². The first-order valence-corrected chi connectivity index (χ1v) is 6.49. The first-order chi connectivity index (χ1) is 9.94. The summed E-state index contributed by atoms with van der Waals surface area (Å²) >= 11 is 0. The lowest BCUT2D eigenvalue weighted by Crippen LogP contribution is -2.53. The van der Waals surface area contributed by atoms with Crippen LogP contribution in [0.1, 0.15) is 18.9 Å². The second-order valence-corrected chi connectivity index (χ2v) is 5.05. The Balaban J connectivity index is 2.26. The van der Waals surface area contributed by atoms with Crippen LogP contribution in [0, 0.1) is 5.82 Å². The third-order valence-electron chi connectivity index (χ3n) is 3.21. The van der Waals surface area contributed by atoms with Gasteiger partial charge in [-0.2, -0.15) is 0 Å². The summed E-state index contributed by atoms with van der Waals surface area (Å²) in [6, 6.07) is 3.98. The molecule has 2 N–H and O–H groups in total. The quantitative estimate of drug-likeness (QED) is 0.885. The first-order valence-electron chi connectivity index (χ1n) is 6.49. The fraction of sp³-hybridized carbons (Fsp3) is 0.429. The third-order valence-corrected chi connectivity index (χ3v) is 3.21. The fourth-order valence-electron chi connectivity index (χ4n) is 2.21. The topological polar surface area (TPSA) is 67.4 Å². The van der Waals surface area contributed by atoms with Gasteiger partial charge in [-0.15, -0.1) is 0 Å². The number of nitrogens with one attached hydrogen (secondary N) is 2. The highest BCUT2D eigenvalue weighted by molar-refractivity contribution is 5.90. The number of benzene rings is 1. The van der Waals surface area contributed by atoms with Gasteiger partial charge in [0.1, 0.15) is 12.4 Å². The van der Waals surface area contributed by atoms with Gasteiger partial charge in [0.15, 0.2) is 0 Å². The molecule has 0 aromatic heterocycles. The average Bonchev–Trinajstić information content (AvgIpc) is 2.41. The number of halogens is 2. The molecular weight excluding hydrogens is 282 g/mol. The Morgan fingerprint density at radius 2 is 2.29 bits per heavy atom. The molecule has 7 heteroatoms. The van der Waals surface area contributed by atoms with E-state index in [-0.39, 0.29) is 31.1 Å². The molecular formula is C14H16F2N2O3. The van der Waals surface area contributed by atoms with Crippen molar-refractivity contribution >= 4 is 17.5 Å². The molecule has 1 heterocycles. The standard InChI is InChI=1S/C14H16F2N2O3/c1-14(8-21-7-13(20)18-14)10-6-9(2-3-11(10)16)17-12(19)4-5-15/h2-3,6H,4-5,7-8H2,1H3,(H,17,19)(H,18,20). The van der Waals surface area contributed by atoms with Crippen LogP contribution in [0.2, 0.25) is 0 Å². The molecule has 1 aliphatic rings. The minimum Gasteiger partial charge on any atom is -0.369 e. The summed E-state index contributed by atoms with van der Waals surface area (Å²) in [5.74, 6) is -1.36. The predicted octanol–water partition coefficient (Wildman–Crippen LogP) is 1.49. The van der Waals surface area contributed by atoms with Crippen LogP contribution in [-0.4, -0.2) is 31.7 Å². The molecule has 1 unspecified atom stereocenters. The molecule has 1 aliphatic heterocycles. The van der Waals surface area contributed by atoms with Gasteiger partial charge >= 0.3 is 0 Å². The van der Waals surface area contributed by atoms with Crippen molar-refractivity contribution in [1.82, 2.24) is 5.32 Å². The SMILES string of the molecule is CC1(c2cc(NC(=O)CCF)ccc2F)COCC(=O)N1. The van der Waals surface area contributed by atoms with Crippen molar-refractivity contribution in [2.24, 2.45) is 0 Å². The molecule has 1 saturated heterocycles. The zero-order chi connectivity index (χ0) is 15.5. The lowest BCUT2D eigenvalue weighted by Gasteiger charge is -2.35. The molecule has 0 saturated carbocycles. The van der Waals surface area contributed by atoms with Gasteiger partial charge in [-0.25, -0.2) is 4.39 Å². The molecule has 2 rings (SSSR count). The van der Waals surface area contributed by atoms with Crippen LogP contribution >= 0.6 is 0 Å². The van der Waals surface area contributed by atoms with E-state index in [1.807, 2.05) is 0 Å². The van der Waals surface area contributed by atoms with E-state index in [0.717, 1.165) is 0 Å². The van der Waals surface area contributed by atoms with Crippen LogP contribution in [-0.2, 0) is 19.9 Å². The summed E-state index contributed by atoms with van der Waals surface area (Å²) < 4.78 is 31.3. The van der Waals surface area contributed by atoms with Crippen molar-refractivity contribution in [2.75, 3.05) is 25.2 Å². The van der Waals surface area contributed by atoms with Crippen LogP contribution in [0.5, 0.6) is 0 Å². The number of carbonyl (C=O) groups is 2. The largest absolute Gasteiger partial charge is 0.369 e. The second-order valence-electron chi connectivity index (χ2n) is 5.05. The minimum atomic E-state index is -1.01. The van der Waals surface area contributed by atoms with E-state index in [2.05, 4.69) is 10.6 Å². The van der Waals surface area contributed by atoms with Gasteiger partial charge in [0.05, 0.1) is 25.2 Å². The monoisotopic (exact) mass is 298 g/mol. The van der Waals surface area contributed by atoms with E-state index in [4.69, 9.17) is 4.74 Å². The number of rotatable bonds is 4. The van der Waals surface area contributed by atoms with Gasteiger partial charge in [0.25, 0.3) is 0 Å². The number of carbonyl (C=O) groups excluding carboxylic acids is 2. The highest BCUT2D eigenvalue weighted by Gasteiger charge is 2.35. The lowest BCUT2D eigenvalue weighted by atomic mass is 9.91. The van der Waals surface area contributed by atoms with E-state index in [1.54, 1.807) is 6.92 Å². The van der Waals surface area contributed by atoms with Crippen LogP contribution in [0.25, 0.3) is 0 Å². The van der Waals surface area contributed by atoms with E-state index < -0.39 is 23.9 Å². The number of ether oxygens (including phenoxy) is 1. The van der Waals surface area contributed by atoms with E-state index >= 15 is 0 Å². The molecule has 0 radical (unpaired) electrons. The lowest BCUT2D eigenvalue weighted by molar-refractivity contribution is -0.135. The Hall–Kier alpha value is -2.02. The van der Waals surface area contributed by atoms with Crippen molar-refractivity contribution in [3.63, 3.8) is 0 Å². The molecule has 21 heavy (non-hydrogen) atoms. The number of amides is 2. The zero-order valence-corrected chi connectivity index (χ0v) is 11.5. The molecule has 1 fully saturated rings. The normalized spacial score (nSPS) is 21.8. The van der Waals surface area contributed by atoms with Gasteiger partial charge < -0.3 is 15.4 Å². The van der Waals surface area contributed by atoms with Gasteiger partial charge in [-0.1, -0.05) is 0 Å². The van der Waals surface area contributed by atoms with Crippen molar-refractivity contribution in [1.29, 1.82) is 0 Å². The molecule has 0 bridgehead atoms. The van der Waals surface area contributed by atoms with Crippen molar-refractivity contribution in [2.45, 2.75) is 18.9 Å². The number of anilines is 1. The number of hydrogen-bond donors (Lipinski definition) is 2. The van der Waals surface area contributed by atoms with Crippen LogP contribution < -0.4 is 10.6 Å². The average molecular weight is 298 g/mol. The van der Waals surface area contributed by atoms with Gasteiger partial charge in [0, 0.05) is 11.3 Å². The summed E-state index contributed by atoms with van der Waals surface area (Å²) in [6.45, 7) is 0.929. The molecule has 5 nitrogen and oxygen atoms in total. The number of hydrogen-bond acceptors (Lipinski definition) is 3. The molecule has 1 atom stereocenters. The Morgan fingerprint density at radius 3 is 2.95 bits per heavy atom. The van der Waals surface area contributed by atoms with Gasteiger partial charge in [-0.3, -0.25) is 14.0 Å². The minimum absolute atomic E-state index is 0.0653. The van der Waals surface area contributed by atoms with Gasteiger partial charge in [-0.05, 0) is 25.1 Å². The summed E-state index contributed by atoms with van der Waals surface area (Å²) in [5, 5.41) is 5.16. The smallest absolute Gasteiger partial charge is 0.246 e. The predicted molar refractivity (Wildman–Crippen MR) is 71.9 cm³/mol. The zero-order valence-electron chi connectivity index (χ0n) is 11.5. The van der Waals surface area contributed by atoms with E-state index in [9.17, 15) is 18.4 Å². The molecule has 2 amide bonds. The highest BCUT2D eigenvalue weighted by atomic mass is 19.1. The van der Waals surface area contributed by atoms with Crippen LogP contribution in [0.3, 0.4) is 0 Å². The van der Waals surface area contributed by atoms with Crippen LogP contribution in [0.15, 0.2) is 18.2 Å². The maximum atomic E-state index is 14.0. The van der Waals surface area contributed by atoms with Crippen molar-refractivity contribution in [3.8, 4) is 0 Å². The number of morpholine rings is 1. The first kappa shape index (κ1) is 15.4. The number of alkyl halides is 1. The summed E-state index contributed by atoms with van der Waals surface area (Å²) in [4.78, 5) is 22.8. The van der Waals surface area contributed by atoms with Crippen molar-refractivity contribution < 1.29 is 23.1 Å². The fourth-order valence-corrected chi connectivity index (χ4v) is 2.21. The molecule has 1 aromatic rings. The van der Waals surface area contributed by atoms with Crippen molar-refractivity contribution in [3.05, 3.63) is 29.6 Å². The Labute approximate surface area is 120 Å². The Bertz CT molecular complexity index is 565. The summed E-state index contributed by atoms with van der Waals surface area (Å²) in [5.41, 5.74) is -0.472. The van der Waals surface area contributed by atoms with E-state index in [1.165, 1.54) is 18.2 Å². The maximum absolute atomic E-state index is 14.0. The molecule has 0 aliphatic carbocycles. The maximum Gasteiger partial charge on any atom is 0.246 e. The molecule has 0 spiro atoms. The van der Waals surface area contributed by atoms with E-state index in [0.29, 0.717) is 5.69 Å². The Kier molecular flexibility index (Phi) is 4.52. The second kappa shape index (κ2) is 6.17. The third kappa shape index (κ3) is 3.55. The summed E-state index contributed by atoms with van der Waals surface area (Å²) in [7, 11) is 0.